The number of nitrogens with zero attached hydrogens (tertiary/aromatic N) is 2. The summed E-state index contributed by atoms with van der Waals surface area (Å²) in [5.74, 6) is 0.695. The molecule has 0 spiro atoms. The Morgan fingerprint density at radius 3 is 2.57 bits per heavy atom. The normalized spacial score (nSPS) is 16.4. The smallest absolute Gasteiger partial charge is 0.290 e. The fourth-order valence-corrected chi connectivity index (χ4v) is 2.80. The van der Waals surface area contributed by atoms with Gasteiger partial charge in [0.2, 0.25) is 0 Å². The van der Waals surface area contributed by atoms with Crippen molar-refractivity contribution in [3.63, 3.8) is 0 Å². The van der Waals surface area contributed by atoms with Crippen LogP contribution in [0.25, 0.3) is 0 Å². The van der Waals surface area contributed by atoms with Crippen molar-refractivity contribution in [2.24, 2.45) is 0 Å². The predicted octanol–water partition coefficient (Wildman–Crippen LogP) is 3.02. The molecule has 1 aliphatic rings. The van der Waals surface area contributed by atoms with E-state index in [-0.39, 0.29) is 5.69 Å². The summed E-state index contributed by atoms with van der Waals surface area (Å²) >= 11 is 0. The van der Waals surface area contributed by atoms with Gasteiger partial charge in [0, 0.05) is 25.2 Å². The molecule has 21 heavy (non-hydrogen) atoms. The zero-order valence-corrected chi connectivity index (χ0v) is 12.6. The van der Waals surface area contributed by atoms with Gasteiger partial charge < -0.3 is 10.6 Å². The van der Waals surface area contributed by atoms with E-state index in [9.17, 15) is 10.1 Å². The number of pyridine rings is 1. The molecule has 0 aromatic carbocycles. The van der Waals surface area contributed by atoms with Crippen LogP contribution in [0.15, 0.2) is 12.1 Å². The Labute approximate surface area is 125 Å². The van der Waals surface area contributed by atoms with Gasteiger partial charge in [0.05, 0.1) is 4.92 Å². The topological polar surface area (TPSA) is 80.1 Å². The first-order valence-electron chi connectivity index (χ1n) is 7.76. The van der Waals surface area contributed by atoms with Crippen LogP contribution in [-0.4, -0.2) is 29.0 Å². The van der Waals surface area contributed by atoms with Gasteiger partial charge in [-0.15, -0.1) is 0 Å². The maximum absolute atomic E-state index is 10.7. The van der Waals surface area contributed by atoms with Crippen LogP contribution in [0.3, 0.4) is 0 Å². The number of anilines is 1. The molecule has 2 rings (SSSR count). The fourth-order valence-electron chi connectivity index (χ4n) is 2.80. The first-order chi connectivity index (χ1) is 10.2. The van der Waals surface area contributed by atoms with E-state index < -0.39 is 4.92 Å². The van der Waals surface area contributed by atoms with Gasteiger partial charge in [-0.25, -0.2) is 4.98 Å². The van der Waals surface area contributed by atoms with Crippen LogP contribution in [0.2, 0.25) is 0 Å². The van der Waals surface area contributed by atoms with Gasteiger partial charge in [0.15, 0.2) is 0 Å². The van der Waals surface area contributed by atoms with Gasteiger partial charge in [-0.05, 0) is 25.8 Å². The molecule has 1 aliphatic carbocycles. The molecule has 1 aromatic heterocycles. The third-order valence-electron chi connectivity index (χ3n) is 3.97. The molecule has 0 amide bonds. The highest BCUT2D eigenvalue weighted by molar-refractivity contribution is 5.44. The first kappa shape index (κ1) is 15.7. The minimum Gasteiger partial charge on any atom is -0.369 e. The number of rotatable bonds is 6. The second kappa shape index (κ2) is 7.93. The molecule has 0 atom stereocenters. The second-order valence-corrected chi connectivity index (χ2v) is 5.63. The van der Waals surface area contributed by atoms with Crippen LogP contribution < -0.4 is 10.6 Å². The lowest BCUT2D eigenvalue weighted by Gasteiger charge is -2.16. The maximum atomic E-state index is 10.7. The molecule has 1 saturated carbocycles. The number of hydrogen-bond donors (Lipinski definition) is 2. The quantitative estimate of drug-likeness (QED) is 0.364. The van der Waals surface area contributed by atoms with Crippen molar-refractivity contribution in [3.05, 3.63) is 27.9 Å². The molecular formula is C15H24N4O2. The Balaban J connectivity index is 1.73. The lowest BCUT2D eigenvalue weighted by molar-refractivity contribution is -0.385. The van der Waals surface area contributed by atoms with E-state index in [1.807, 2.05) is 0 Å². The minimum atomic E-state index is -0.403. The van der Waals surface area contributed by atoms with E-state index in [1.54, 1.807) is 13.0 Å². The number of aromatic nitrogens is 1. The molecule has 0 unspecified atom stereocenters. The van der Waals surface area contributed by atoms with Crippen LogP contribution in [0.4, 0.5) is 11.5 Å². The van der Waals surface area contributed by atoms with Gasteiger partial charge in [-0.3, -0.25) is 10.1 Å². The average Bonchev–Trinajstić information content (AvgIpc) is 2.72. The van der Waals surface area contributed by atoms with Crippen molar-refractivity contribution in [1.29, 1.82) is 0 Å². The third kappa shape index (κ3) is 4.97. The zero-order valence-electron chi connectivity index (χ0n) is 12.6. The van der Waals surface area contributed by atoms with Gasteiger partial charge in [-0.2, -0.15) is 0 Å². The monoisotopic (exact) mass is 292 g/mol. The summed E-state index contributed by atoms with van der Waals surface area (Å²) < 4.78 is 0. The summed E-state index contributed by atoms with van der Waals surface area (Å²) in [6.07, 6.45) is 7.93. The predicted molar refractivity (Wildman–Crippen MR) is 83.6 cm³/mol. The number of nitrogens with one attached hydrogen (secondary N) is 2. The SMILES string of the molecule is Cc1nc(NCCNC2CCCCCC2)ccc1[N+](=O)[O-]. The van der Waals surface area contributed by atoms with E-state index in [1.165, 1.54) is 44.6 Å². The molecular weight excluding hydrogens is 268 g/mol. The number of hydrogen-bond acceptors (Lipinski definition) is 5. The van der Waals surface area contributed by atoms with Crippen LogP contribution in [-0.2, 0) is 0 Å². The molecule has 1 fully saturated rings. The highest BCUT2D eigenvalue weighted by atomic mass is 16.6. The van der Waals surface area contributed by atoms with E-state index in [0.717, 1.165) is 13.1 Å². The summed E-state index contributed by atoms with van der Waals surface area (Å²) in [7, 11) is 0. The lowest BCUT2D eigenvalue weighted by atomic mass is 10.1. The largest absolute Gasteiger partial charge is 0.369 e. The standard InChI is InChI=1S/C15H24N4O2/c1-12-14(19(20)21)8-9-15(18-12)17-11-10-16-13-6-4-2-3-5-7-13/h8-9,13,16H,2-7,10-11H2,1H3,(H,17,18). The Hall–Kier alpha value is -1.69. The van der Waals surface area contributed by atoms with Crippen molar-refractivity contribution in [3.8, 4) is 0 Å². The van der Waals surface area contributed by atoms with Gasteiger partial charge in [0.1, 0.15) is 11.5 Å². The maximum Gasteiger partial charge on any atom is 0.290 e. The summed E-state index contributed by atoms with van der Waals surface area (Å²) in [6, 6.07) is 3.81. The summed E-state index contributed by atoms with van der Waals surface area (Å²) in [6.45, 7) is 3.33. The molecule has 116 valence electrons. The Morgan fingerprint density at radius 1 is 1.24 bits per heavy atom. The van der Waals surface area contributed by atoms with Crippen molar-refractivity contribution >= 4 is 11.5 Å². The van der Waals surface area contributed by atoms with E-state index in [4.69, 9.17) is 0 Å². The van der Waals surface area contributed by atoms with E-state index in [2.05, 4.69) is 15.6 Å². The lowest BCUT2D eigenvalue weighted by Crippen LogP contribution is -2.32. The second-order valence-electron chi connectivity index (χ2n) is 5.63. The average molecular weight is 292 g/mol. The molecule has 2 N–H and O–H groups in total. The summed E-state index contributed by atoms with van der Waals surface area (Å²) in [5.41, 5.74) is 0.513. The van der Waals surface area contributed by atoms with Crippen LogP contribution >= 0.6 is 0 Å². The molecule has 1 heterocycles. The first-order valence-corrected chi connectivity index (χ1v) is 7.76. The molecule has 0 aliphatic heterocycles. The highest BCUT2D eigenvalue weighted by Gasteiger charge is 2.12. The molecule has 6 heteroatoms. The molecule has 6 nitrogen and oxygen atoms in total. The third-order valence-corrected chi connectivity index (χ3v) is 3.97. The Bertz CT molecular complexity index is 471. The van der Waals surface area contributed by atoms with Gasteiger partial charge in [-0.1, -0.05) is 25.7 Å². The van der Waals surface area contributed by atoms with Crippen molar-refractivity contribution in [2.75, 3.05) is 18.4 Å². The Kier molecular flexibility index (Phi) is 5.92. The van der Waals surface area contributed by atoms with Crippen LogP contribution in [0.1, 0.15) is 44.2 Å². The van der Waals surface area contributed by atoms with Gasteiger partial charge >= 0.3 is 0 Å². The summed E-state index contributed by atoms with van der Waals surface area (Å²) in [5, 5.41) is 17.5. The summed E-state index contributed by atoms with van der Waals surface area (Å²) in [4.78, 5) is 14.5. The number of aryl methyl sites for hydroxylation is 1. The highest BCUT2D eigenvalue weighted by Crippen LogP contribution is 2.18. The van der Waals surface area contributed by atoms with Crippen molar-refractivity contribution < 1.29 is 4.92 Å². The van der Waals surface area contributed by atoms with Crippen LogP contribution in [0.5, 0.6) is 0 Å². The molecule has 1 aromatic rings. The van der Waals surface area contributed by atoms with Crippen molar-refractivity contribution in [2.45, 2.75) is 51.5 Å². The van der Waals surface area contributed by atoms with E-state index in [0.29, 0.717) is 17.6 Å². The zero-order chi connectivity index (χ0) is 15.1. The van der Waals surface area contributed by atoms with Crippen LogP contribution in [0, 0.1) is 17.0 Å². The fraction of sp³-hybridized carbons (Fsp3) is 0.667. The number of nitro groups is 1. The molecule has 0 saturated heterocycles. The molecule has 0 bridgehead atoms. The molecule has 0 radical (unpaired) electrons. The van der Waals surface area contributed by atoms with Crippen molar-refractivity contribution in [1.82, 2.24) is 10.3 Å². The van der Waals surface area contributed by atoms with Gasteiger partial charge in [0.25, 0.3) is 5.69 Å². The van der Waals surface area contributed by atoms with E-state index >= 15 is 0 Å². The minimum absolute atomic E-state index is 0.0668. The Morgan fingerprint density at radius 2 is 1.95 bits per heavy atom.